The number of hydrogen-bond donors (Lipinski definition) is 3. The van der Waals surface area contributed by atoms with Crippen LogP contribution in [0.4, 0.5) is 10.6 Å². The smallest absolute Gasteiger partial charge is 0.320 e. The number of methoxy groups -OCH3 is 1. The molecule has 1 fully saturated rings. The highest BCUT2D eigenvalue weighted by atomic mass is 16.5. The van der Waals surface area contributed by atoms with Crippen LogP contribution in [0.3, 0.4) is 0 Å². The third-order valence-corrected chi connectivity index (χ3v) is 3.89. The molecular formula is C14H24N4O3. The predicted octanol–water partition coefficient (Wildman–Crippen LogP) is 1.21. The summed E-state index contributed by atoms with van der Waals surface area (Å²) in [7, 11) is 3.40. The molecule has 7 heteroatoms. The summed E-state index contributed by atoms with van der Waals surface area (Å²) in [6.07, 6.45) is 4.17. The van der Waals surface area contributed by atoms with Gasteiger partial charge in [-0.1, -0.05) is 6.42 Å². The zero-order valence-electron chi connectivity index (χ0n) is 12.6. The van der Waals surface area contributed by atoms with Crippen molar-refractivity contribution in [3.05, 3.63) is 11.8 Å². The molecule has 0 aliphatic heterocycles. The van der Waals surface area contributed by atoms with Crippen LogP contribution in [-0.2, 0) is 11.8 Å². The van der Waals surface area contributed by atoms with Gasteiger partial charge in [0.2, 0.25) is 0 Å². The highest BCUT2D eigenvalue weighted by Gasteiger charge is 2.23. The standard InChI is InChI=1S/C14H24N4O3/c1-18-13(8-12(17-18)10-4-3-5-10)16-14(20)15-11(9-19)6-7-21-2/h8,10-11,19H,3-7,9H2,1-2H3,(H2,15,16,20). The number of aliphatic hydroxyl groups is 1. The molecule has 3 N–H and O–H groups in total. The van der Waals surface area contributed by atoms with E-state index in [1.54, 1.807) is 11.8 Å². The van der Waals surface area contributed by atoms with Gasteiger partial charge in [0.15, 0.2) is 0 Å². The van der Waals surface area contributed by atoms with Gasteiger partial charge < -0.3 is 15.2 Å². The molecule has 21 heavy (non-hydrogen) atoms. The van der Waals surface area contributed by atoms with Gasteiger partial charge in [-0.2, -0.15) is 5.10 Å². The van der Waals surface area contributed by atoms with E-state index >= 15 is 0 Å². The maximum absolute atomic E-state index is 11.9. The van der Waals surface area contributed by atoms with E-state index in [2.05, 4.69) is 15.7 Å². The van der Waals surface area contributed by atoms with Crippen molar-refractivity contribution in [2.24, 2.45) is 7.05 Å². The molecule has 1 unspecified atom stereocenters. The first-order valence-electron chi connectivity index (χ1n) is 7.35. The molecular weight excluding hydrogens is 272 g/mol. The lowest BCUT2D eigenvalue weighted by Gasteiger charge is -2.22. The molecule has 2 amide bonds. The van der Waals surface area contributed by atoms with E-state index in [1.807, 2.05) is 13.1 Å². The zero-order valence-corrected chi connectivity index (χ0v) is 12.6. The second-order valence-corrected chi connectivity index (χ2v) is 5.47. The van der Waals surface area contributed by atoms with Gasteiger partial charge in [0.1, 0.15) is 5.82 Å². The summed E-state index contributed by atoms with van der Waals surface area (Å²) in [5.74, 6) is 1.19. The SMILES string of the molecule is COCCC(CO)NC(=O)Nc1cc(C2CCC2)nn1C. The minimum absolute atomic E-state index is 0.116. The van der Waals surface area contributed by atoms with Crippen molar-refractivity contribution in [3.8, 4) is 0 Å². The first-order valence-corrected chi connectivity index (χ1v) is 7.35. The number of aryl methyl sites for hydroxylation is 1. The lowest BCUT2D eigenvalue weighted by Crippen LogP contribution is -2.41. The van der Waals surface area contributed by atoms with Gasteiger partial charge in [-0.15, -0.1) is 0 Å². The van der Waals surface area contributed by atoms with Crippen molar-refractivity contribution >= 4 is 11.8 Å². The van der Waals surface area contributed by atoms with Gasteiger partial charge in [-0.3, -0.25) is 10.00 Å². The fraction of sp³-hybridized carbons (Fsp3) is 0.714. The van der Waals surface area contributed by atoms with Crippen LogP contribution in [0.2, 0.25) is 0 Å². The Labute approximate surface area is 124 Å². The van der Waals surface area contributed by atoms with Gasteiger partial charge in [0, 0.05) is 32.7 Å². The van der Waals surface area contributed by atoms with Gasteiger partial charge in [-0.05, 0) is 19.3 Å². The molecule has 0 bridgehead atoms. The van der Waals surface area contributed by atoms with Crippen LogP contribution < -0.4 is 10.6 Å². The van der Waals surface area contributed by atoms with E-state index < -0.39 is 0 Å². The number of nitrogens with one attached hydrogen (secondary N) is 2. The molecule has 1 atom stereocenters. The predicted molar refractivity (Wildman–Crippen MR) is 79.3 cm³/mol. The summed E-state index contributed by atoms with van der Waals surface area (Å²) in [4.78, 5) is 11.9. The second kappa shape index (κ2) is 7.42. The maximum Gasteiger partial charge on any atom is 0.320 e. The lowest BCUT2D eigenvalue weighted by molar-refractivity contribution is 0.161. The number of amides is 2. The number of aromatic nitrogens is 2. The van der Waals surface area contributed by atoms with E-state index in [-0.39, 0.29) is 18.7 Å². The minimum Gasteiger partial charge on any atom is -0.394 e. The van der Waals surface area contributed by atoms with Gasteiger partial charge in [-0.25, -0.2) is 4.79 Å². The summed E-state index contributed by atoms with van der Waals surface area (Å²) in [6, 6.07) is 1.27. The zero-order chi connectivity index (χ0) is 15.2. The summed E-state index contributed by atoms with van der Waals surface area (Å²) in [5.41, 5.74) is 1.04. The number of carbonyl (C=O) groups is 1. The molecule has 1 aliphatic carbocycles. The summed E-state index contributed by atoms with van der Waals surface area (Å²) in [6.45, 7) is 0.374. The number of anilines is 1. The van der Waals surface area contributed by atoms with Crippen molar-refractivity contribution in [1.29, 1.82) is 0 Å². The van der Waals surface area contributed by atoms with Gasteiger partial charge in [0.05, 0.1) is 18.3 Å². The fourth-order valence-electron chi connectivity index (χ4n) is 2.32. The largest absolute Gasteiger partial charge is 0.394 e. The molecule has 0 spiro atoms. The van der Waals surface area contributed by atoms with Crippen molar-refractivity contribution in [3.63, 3.8) is 0 Å². The van der Waals surface area contributed by atoms with Crippen LogP contribution >= 0.6 is 0 Å². The van der Waals surface area contributed by atoms with E-state index in [1.165, 1.54) is 19.3 Å². The Morgan fingerprint density at radius 3 is 2.95 bits per heavy atom. The second-order valence-electron chi connectivity index (χ2n) is 5.47. The number of hydrogen-bond acceptors (Lipinski definition) is 4. The molecule has 1 aromatic rings. The molecule has 0 aromatic carbocycles. The molecule has 118 valence electrons. The fourth-order valence-corrected chi connectivity index (χ4v) is 2.32. The molecule has 1 heterocycles. The van der Waals surface area contributed by atoms with Crippen LogP contribution in [0.25, 0.3) is 0 Å². The Morgan fingerprint density at radius 2 is 2.38 bits per heavy atom. The van der Waals surface area contributed by atoms with Crippen molar-refractivity contribution in [2.45, 2.75) is 37.6 Å². The van der Waals surface area contributed by atoms with E-state index in [0.717, 1.165) is 5.69 Å². The van der Waals surface area contributed by atoms with Crippen LogP contribution in [0, 0.1) is 0 Å². The summed E-state index contributed by atoms with van der Waals surface area (Å²) >= 11 is 0. The van der Waals surface area contributed by atoms with Crippen LogP contribution in [0.1, 0.15) is 37.3 Å². The topological polar surface area (TPSA) is 88.4 Å². The number of ether oxygens (including phenoxy) is 1. The third kappa shape index (κ3) is 4.18. The van der Waals surface area contributed by atoms with E-state index in [4.69, 9.17) is 4.74 Å². The molecule has 1 saturated carbocycles. The van der Waals surface area contributed by atoms with E-state index in [0.29, 0.717) is 24.8 Å². The number of rotatable bonds is 7. The highest BCUT2D eigenvalue weighted by Crippen LogP contribution is 2.36. The maximum atomic E-state index is 11.9. The van der Waals surface area contributed by atoms with Crippen molar-refractivity contribution < 1.29 is 14.6 Å². The highest BCUT2D eigenvalue weighted by molar-refractivity contribution is 5.88. The van der Waals surface area contributed by atoms with Gasteiger partial charge >= 0.3 is 6.03 Å². The molecule has 0 saturated heterocycles. The minimum atomic E-state index is -0.340. The average Bonchev–Trinajstić information content (AvgIpc) is 2.73. The molecule has 7 nitrogen and oxygen atoms in total. The third-order valence-electron chi connectivity index (χ3n) is 3.89. The molecule has 1 aromatic heterocycles. The Hall–Kier alpha value is -1.60. The monoisotopic (exact) mass is 296 g/mol. The summed E-state index contributed by atoms with van der Waals surface area (Å²) in [5, 5.41) is 19.2. The average molecular weight is 296 g/mol. The Kier molecular flexibility index (Phi) is 5.58. The number of carbonyl (C=O) groups excluding carboxylic acids is 1. The Balaban J connectivity index is 1.88. The molecule has 1 aliphatic rings. The van der Waals surface area contributed by atoms with Crippen LogP contribution in [0.15, 0.2) is 6.07 Å². The Morgan fingerprint density at radius 1 is 1.62 bits per heavy atom. The van der Waals surface area contributed by atoms with Crippen molar-refractivity contribution in [1.82, 2.24) is 15.1 Å². The number of aliphatic hydroxyl groups excluding tert-OH is 1. The lowest BCUT2D eigenvalue weighted by atomic mass is 9.83. The Bertz CT molecular complexity index is 471. The quantitative estimate of drug-likeness (QED) is 0.705. The first-order chi connectivity index (χ1) is 10.1. The summed E-state index contributed by atoms with van der Waals surface area (Å²) < 4.78 is 6.62. The number of nitrogens with zero attached hydrogens (tertiary/aromatic N) is 2. The van der Waals surface area contributed by atoms with Gasteiger partial charge in [0.25, 0.3) is 0 Å². The molecule has 0 radical (unpaired) electrons. The van der Waals surface area contributed by atoms with E-state index in [9.17, 15) is 9.90 Å². The number of urea groups is 1. The first kappa shape index (κ1) is 15.8. The van der Waals surface area contributed by atoms with Crippen molar-refractivity contribution in [2.75, 3.05) is 25.6 Å². The normalized spacial score (nSPS) is 16.3. The van der Waals surface area contributed by atoms with Crippen LogP contribution in [0.5, 0.6) is 0 Å². The van der Waals surface area contributed by atoms with Crippen LogP contribution in [-0.4, -0.2) is 47.3 Å². The molecule has 2 rings (SSSR count).